The van der Waals surface area contributed by atoms with Crippen LogP contribution in [0.1, 0.15) is 96.2 Å². The minimum atomic E-state index is -0.263. The number of benzene rings is 4. The van der Waals surface area contributed by atoms with Gasteiger partial charge in [0.15, 0.2) is 0 Å². The van der Waals surface area contributed by atoms with Gasteiger partial charge in [-0.2, -0.15) is 0 Å². The molecule has 306 valence electrons. The summed E-state index contributed by atoms with van der Waals surface area (Å²) in [4.78, 5) is 55.8. The largest absolute Gasteiger partial charge is 0.332 e. The van der Waals surface area contributed by atoms with Gasteiger partial charge in [0.1, 0.15) is 24.0 Å². The first kappa shape index (κ1) is 39.3. The van der Waals surface area contributed by atoms with Gasteiger partial charge in [-0.3, -0.25) is 19.3 Å². The molecule has 6 aromatic rings. The molecule has 60 heavy (non-hydrogen) atoms. The molecule has 0 saturated carbocycles. The summed E-state index contributed by atoms with van der Waals surface area (Å²) in [5.74, 6) is 2.02. The van der Waals surface area contributed by atoms with Gasteiger partial charge in [-0.05, 0) is 85.0 Å². The number of carbonyl (C=O) groups is 3. The second-order valence-corrected chi connectivity index (χ2v) is 16.6. The van der Waals surface area contributed by atoms with Crippen molar-refractivity contribution in [2.75, 3.05) is 26.2 Å². The van der Waals surface area contributed by atoms with E-state index in [1.54, 1.807) is 6.07 Å². The lowest BCUT2D eigenvalue weighted by atomic mass is 10.00. The van der Waals surface area contributed by atoms with E-state index >= 15 is 0 Å². The van der Waals surface area contributed by atoms with E-state index in [0.717, 1.165) is 121 Å². The Morgan fingerprint density at radius 1 is 0.617 bits per heavy atom. The third kappa shape index (κ3) is 7.60. The summed E-state index contributed by atoms with van der Waals surface area (Å²) in [5, 5.41) is 0. The van der Waals surface area contributed by atoms with Crippen molar-refractivity contribution in [3.63, 3.8) is 0 Å². The second-order valence-electron chi connectivity index (χ2n) is 16.6. The molecule has 10 heteroatoms. The monoisotopic (exact) mass is 799 g/mol. The fourth-order valence-corrected chi connectivity index (χ4v) is 9.86. The van der Waals surface area contributed by atoms with E-state index < -0.39 is 0 Å². The van der Waals surface area contributed by atoms with E-state index in [0.29, 0.717) is 12.1 Å². The quantitative estimate of drug-likeness (QED) is 0.122. The van der Waals surface area contributed by atoms with Crippen LogP contribution in [0.2, 0.25) is 0 Å². The fourth-order valence-electron chi connectivity index (χ4n) is 9.86. The topological polar surface area (TPSA) is 96.6 Å². The molecular formula is C50H53N7O3. The molecule has 3 fully saturated rings. The third-order valence-electron chi connectivity index (χ3n) is 13.1. The Balaban J connectivity index is 0.883. The van der Waals surface area contributed by atoms with Gasteiger partial charge in [-0.25, -0.2) is 9.97 Å². The summed E-state index contributed by atoms with van der Waals surface area (Å²) in [7, 11) is 4.10. The highest BCUT2D eigenvalue weighted by Gasteiger charge is 2.39. The maximum atomic E-state index is 14.5. The lowest BCUT2D eigenvalue weighted by Gasteiger charge is -2.37. The molecule has 2 amide bonds. The predicted octanol–water partition coefficient (Wildman–Crippen LogP) is 8.76. The Labute approximate surface area is 352 Å². The number of aromatic nitrogens is 4. The van der Waals surface area contributed by atoms with E-state index in [-0.39, 0.29) is 36.4 Å². The SMILES string of the molecule is Cn1c(-c2ccc(-c3ccc(-c4cnc([C@@H]5CCCN5C(=O)[C@@H](c5ccccc5)N5CCCCC5)n4C)cc3)cc2)cnc1[C@@H]1CCCN1C(=O)Cc1ccccc1C=O. The molecule has 3 saturated heterocycles. The number of nitrogens with zero attached hydrogens (tertiary/aromatic N) is 7. The van der Waals surface area contributed by atoms with Gasteiger partial charge >= 0.3 is 0 Å². The molecule has 4 aromatic carbocycles. The van der Waals surface area contributed by atoms with Gasteiger partial charge in [-0.15, -0.1) is 0 Å². The van der Waals surface area contributed by atoms with Crippen molar-refractivity contribution in [1.82, 2.24) is 33.8 Å². The number of hydrogen-bond donors (Lipinski definition) is 0. The summed E-state index contributed by atoms with van der Waals surface area (Å²) >= 11 is 0. The van der Waals surface area contributed by atoms with Crippen LogP contribution >= 0.6 is 0 Å². The molecule has 2 aromatic heterocycles. The molecule has 0 aliphatic carbocycles. The zero-order valence-corrected chi connectivity index (χ0v) is 34.6. The zero-order valence-electron chi connectivity index (χ0n) is 34.6. The van der Waals surface area contributed by atoms with Crippen LogP contribution in [-0.2, 0) is 30.1 Å². The van der Waals surface area contributed by atoms with Crippen molar-refractivity contribution in [2.24, 2.45) is 14.1 Å². The molecule has 5 heterocycles. The molecule has 3 aliphatic rings. The van der Waals surface area contributed by atoms with Crippen molar-refractivity contribution >= 4 is 18.1 Å². The van der Waals surface area contributed by atoms with E-state index in [4.69, 9.17) is 9.97 Å². The predicted molar refractivity (Wildman–Crippen MR) is 234 cm³/mol. The lowest BCUT2D eigenvalue weighted by molar-refractivity contribution is -0.139. The molecule has 0 spiro atoms. The second kappa shape index (κ2) is 17.2. The first-order valence-electron chi connectivity index (χ1n) is 21.6. The zero-order chi connectivity index (χ0) is 41.2. The Kier molecular flexibility index (Phi) is 11.3. The van der Waals surface area contributed by atoms with Gasteiger partial charge in [0, 0.05) is 32.7 Å². The van der Waals surface area contributed by atoms with Crippen LogP contribution in [0.5, 0.6) is 0 Å². The molecule has 0 unspecified atom stereocenters. The van der Waals surface area contributed by atoms with Crippen LogP contribution in [0.15, 0.2) is 116 Å². The highest BCUT2D eigenvalue weighted by molar-refractivity contribution is 5.85. The number of aldehydes is 1. The van der Waals surface area contributed by atoms with E-state index in [2.05, 4.69) is 86.6 Å². The average Bonchev–Trinajstić information content (AvgIpc) is 4.12. The number of amides is 2. The van der Waals surface area contributed by atoms with Crippen molar-refractivity contribution < 1.29 is 14.4 Å². The van der Waals surface area contributed by atoms with Gasteiger partial charge in [0.25, 0.3) is 0 Å². The van der Waals surface area contributed by atoms with Crippen LogP contribution < -0.4 is 0 Å². The summed E-state index contributed by atoms with van der Waals surface area (Å²) in [6.07, 6.45) is 12.0. The molecule has 3 atom stereocenters. The Morgan fingerprint density at radius 2 is 1.13 bits per heavy atom. The van der Waals surface area contributed by atoms with Crippen molar-refractivity contribution in [3.05, 3.63) is 144 Å². The Hall–Kier alpha value is -6.13. The molecule has 9 rings (SSSR count). The number of imidazole rings is 2. The minimum Gasteiger partial charge on any atom is -0.332 e. The highest BCUT2D eigenvalue weighted by atomic mass is 16.2. The number of rotatable bonds is 11. The summed E-state index contributed by atoms with van der Waals surface area (Å²) in [5.41, 5.74) is 8.79. The first-order chi connectivity index (χ1) is 29.4. The van der Waals surface area contributed by atoms with Gasteiger partial charge in [0.05, 0.1) is 42.3 Å². The van der Waals surface area contributed by atoms with Gasteiger partial charge < -0.3 is 18.9 Å². The molecule has 0 N–H and O–H groups in total. The molecular weight excluding hydrogens is 747 g/mol. The maximum absolute atomic E-state index is 14.5. The van der Waals surface area contributed by atoms with E-state index in [1.165, 1.54) is 6.42 Å². The number of carbonyl (C=O) groups excluding carboxylic acids is 3. The molecule has 0 bridgehead atoms. The minimum absolute atomic E-state index is 0.0169. The number of likely N-dealkylation sites (tertiary alicyclic amines) is 3. The normalized spacial score (nSPS) is 18.8. The van der Waals surface area contributed by atoms with Crippen LogP contribution in [0.3, 0.4) is 0 Å². The van der Waals surface area contributed by atoms with Crippen molar-refractivity contribution in [3.8, 4) is 33.6 Å². The van der Waals surface area contributed by atoms with Gasteiger partial charge in [-0.1, -0.05) is 110 Å². The smallest absolute Gasteiger partial charge is 0.245 e. The van der Waals surface area contributed by atoms with Crippen molar-refractivity contribution in [1.29, 1.82) is 0 Å². The molecule has 3 aliphatic heterocycles. The summed E-state index contributed by atoms with van der Waals surface area (Å²) in [6, 6.07) is 34.4. The van der Waals surface area contributed by atoms with Crippen LogP contribution in [0.4, 0.5) is 0 Å². The molecule has 10 nitrogen and oxygen atoms in total. The van der Waals surface area contributed by atoms with Gasteiger partial charge in [0.2, 0.25) is 11.8 Å². The van der Waals surface area contributed by atoms with E-state index in [1.807, 2.05) is 60.7 Å². The number of piperidine rings is 1. The summed E-state index contributed by atoms with van der Waals surface area (Å²) < 4.78 is 4.28. The molecule has 0 radical (unpaired) electrons. The van der Waals surface area contributed by atoms with Crippen LogP contribution in [-0.4, -0.2) is 78.1 Å². The third-order valence-corrected chi connectivity index (χ3v) is 13.1. The first-order valence-corrected chi connectivity index (χ1v) is 21.6. The van der Waals surface area contributed by atoms with Crippen molar-refractivity contribution in [2.45, 2.75) is 69.5 Å². The van der Waals surface area contributed by atoms with Crippen LogP contribution in [0.25, 0.3) is 33.6 Å². The van der Waals surface area contributed by atoms with E-state index in [9.17, 15) is 14.4 Å². The standard InChI is InChI=1S/C50H53N7O3/c1-53-44(32-51-48(53)42-17-11-29-56(42)46(59)31-40-15-7-8-16-41(40)34-58)37-23-19-35(20-24-37)36-21-25-38(26-22-36)45-33-52-49(54(45)2)43-18-12-30-57(43)50(60)47(39-13-5-3-6-14-39)55-27-9-4-10-28-55/h3,5-8,13-16,19-26,32-34,42-43,47H,4,9-12,17-18,27-31H2,1-2H3/t42-,43-,47+/m0/s1. The average molecular weight is 800 g/mol. The number of hydrogen-bond acceptors (Lipinski definition) is 6. The lowest BCUT2D eigenvalue weighted by Crippen LogP contribution is -2.45. The Morgan fingerprint density at radius 3 is 1.72 bits per heavy atom. The summed E-state index contributed by atoms with van der Waals surface area (Å²) in [6.45, 7) is 3.33. The fraction of sp³-hybridized carbons (Fsp3) is 0.340. The van der Waals surface area contributed by atoms with Crippen LogP contribution in [0, 0.1) is 0 Å². The maximum Gasteiger partial charge on any atom is 0.245 e. The Bertz CT molecular complexity index is 2470. The highest BCUT2D eigenvalue weighted by Crippen LogP contribution is 2.38.